The van der Waals surface area contributed by atoms with E-state index in [1.54, 1.807) is 11.3 Å². The molecule has 152 valence electrons. The van der Waals surface area contributed by atoms with Crippen LogP contribution in [0.25, 0.3) is 21.3 Å². The van der Waals surface area contributed by atoms with Crippen molar-refractivity contribution in [3.63, 3.8) is 0 Å². The molecule has 0 aliphatic carbocycles. The Morgan fingerprint density at radius 3 is 2.20 bits per heavy atom. The van der Waals surface area contributed by atoms with Crippen molar-refractivity contribution in [2.24, 2.45) is 0 Å². The van der Waals surface area contributed by atoms with Crippen LogP contribution in [0.4, 0.5) is 5.13 Å². The van der Waals surface area contributed by atoms with E-state index < -0.39 is 0 Å². The number of aromatic nitrogens is 1. The number of carbonyl (C=O) groups excluding carboxylic acids is 1. The summed E-state index contributed by atoms with van der Waals surface area (Å²) in [5.74, 6) is 0.0726. The van der Waals surface area contributed by atoms with Crippen molar-refractivity contribution in [1.29, 1.82) is 0 Å². The molecule has 0 aliphatic heterocycles. The molecule has 0 unspecified atom stereocenters. The van der Waals surface area contributed by atoms with Crippen LogP contribution >= 0.6 is 11.3 Å². The maximum atomic E-state index is 13.2. The zero-order valence-corrected chi connectivity index (χ0v) is 18.1. The Bertz CT molecular complexity index is 1090. The fourth-order valence-corrected chi connectivity index (χ4v) is 4.33. The van der Waals surface area contributed by atoms with Crippen molar-refractivity contribution in [2.75, 3.05) is 32.1 Å². The summed E-state index contributed by atoms with van der Waals surface area (Å²) in [6.45, 7) is 1.41. The molecular weight excluding hydrogens is 390 g/mol. The van der Waals surface area contributed by atoms with E-state index in [9.17, 15) is 4.79 Å². The SMILES string of the molecule is CN(C)CCN(C(=O)Cc1ccc(-c2ccccc2)cc1)c1nc2ccccc2s1. The van der Waals surface area contributed by atoms with E-state index in [1.165, 1.54) is 5.56 Å². The van der Waals surface area contributed by atoms with Crippen molar-refractivity contribution >= 4 is 32.6 Å². The van der Waals surface area contributed by atoms with E-state index in [0.29, 0.717) is 13.0 Å². The van der Waals surface area contributed by atoms with Gasteiger partial charge in [-0.3, -0.25) is 9.69 Å². The number of anilines is 1. The number of nitrogens with zero attached hydrogens (tertiary/aromatic N) is 3. The molecule has 4 nitrogen and oxygen atoms in total. The molecule has 0 spiro atoms. The van der Waals surface area contributed by atoms with Gasteiger partial charge >= 0.3 is 0 Å². The first-order valence-electron chi connectivity index (χ1n) is 10.1. The highest BCUT2D eigenvalue weighted by atomic mass is 32.1. The average molecular weight is 416 g/mol. The predicted octanol–water partition coefficient (Wildman–Crippen LogP) is 5.10. The molecule has 5 heteroatoms. The minimum Gasteiger partial charge on any atom is -0.308 e. The Morgan fingerprint density at radius 1 is 0.833 bits per heavy atom. The third-order valence-electron chi connectivity index (χ3n) is 5.00. The van der Waals surface area contributed by atoms with Gasteiger partial charge in [0.1, 0.15) is 0 Å². The van der Waals surface area contributed by atoms with Gasteiger partial charge in [0.15, 0.2) is 5.13 Å². The van der Waals surface area contributed by atoms with Crippen molar-refractivity contribution in [2.45, 2.75) is 6.42 Å². The van der Waals surface area contributed by atoms with E-state index in [1.807, 2.05) is 73.6 Å². The average Bonchev–Trinajstić information content (AvgIpc) is 3.18. The molecule has 0 bridgehead atoms. The van der Waals surface area contributed by atoms with Crippen LogP contribution < -0.4 is 4.90 Å². The van der Waals surface area contributed by atoms with Gasteiger partial charge in [-0.15, -0.1) is 0 Å². The monoisotopic (exact) mass is 415 g/mol. The van der Waals surface area contributed by atoms with Gasteiger partial charge in [-0.25, -0.2) is 4.98 Å². The summed E-state index contributed by atoms with van der Waals surface area (Å²) in [7, 11) is 4.03. The highest BCUT2D eigenvalue weighted by Crippen LogP contribution is 2.29. The summed E-state index contributed by atoms with van der Waals surface area (Å²) < 4.78 is 1.10. The fraction of sp³-hybridized carbons (Fsp3) is 0.200. The zero-order valence-electron chi connectivity index (χ0n) is 17.3. The normalized spacial score (nSPS) is 11.2. The van der Waals surface area contributed by atoms with Gasteiger partial charge in [0.2, 0.25) is 5.91 Å². The Kier molecular flexibility index (Phi) is 6.21. The van der Waals surface area contributed by atoms with E-state index in [0.717, 1.165) is 33.0 Å². The number of amides is 1. The summed E-state index contributed by atoms with van der Waals surface area (Å²) in [6, 6.07) is 26.6. The Labute approximate surface area is 181 Å². The smallest absolute Gasteiger partial charge is 0.233 e. The van der Waals surface area contributed by atoms with E-state index in [4.69, 9.17) is 4.98 Å². The van der Waals surface area contributed by atoms with Crippen LogP contribution in [-0.4, -0.2) is 43.0 Å². The predicted molar refractivity (Wildman–Crippen MR) is 126 cm³/mol. The molecule has 4 rings (SSSR count). The van der Waals surface area contributed by atoms with Gasteiger partial charge in [0.05, 0.1) is 16.6 Å². The van der Waals surface area contributed by atoms with Crippen LogP contribution in [-0.2, 0) is 11.2 Å². The molecule has 3 aromatic carbocycles. The molecule has 0 aliphatic rings. The third-order valence-corrected chi connectivity index (χ3v) is 6.06. The number of hydrogen-bond acceptors (Lipinski definition) is 4. The first-order valence-corrected chi connectivity index (χ1v) is 10.9. The Morgan fingerprint density at radius 2 is 1.50 bits per heavy atom. The van der Waals surface area contributed by atoms with Crippen molar-refractivity contribution in [3.05, 3.63) is 84.4 Å². The van der Waals surface area contributed by atoms with E-state index in [-0.39, 0.29) is 5.91 Å². The van der Waals surface area contributed by atoms with Gasteiger partial charge in [-0.1, -0.05) is 78.1 Å². The Hall–Kier alpha value is -3.02. The van der Waals surface area contributed by atoms with E-state index in [2.05, 4.69) is 29.2 Å². The highest BCUT2D eigenvalue weighted by Gasteiger charge is 2.20. The molecule has 0 radical (unpaired) electrons. The third kappa shape index (κ3) is 4.75. The van der Waals surface area contributed by atoms with Gasteiger partial charge in [0, 0.05) is 13.1 Å². The second-order valence-electron chi connectivity index (χ2n) is 7.55. The zero-order chi connectivity index (χ0) is 20.9. The number of hydrogen-bond donors (Lipinski definition) is 0. The molecule has 4 aromatic rings. The Balaban J connectivity index is 1.54. The lowest BCUT2D eigenvalue weighted by atomic mass is 10.0. The quantitative estimate of drug-likeness (QED) is 0.421. The maximum Gasteiger partial charge on any atom is 0.233 e. The van der Waals surface area contributed by atoms with Gasteiger partial charge < -0.3 is 4.90 Å². The minimum atomic E-state index is 0.0726. The van der Waals surface area contributed by atoms with Gasteiger partial charge in [-0.2, -0.15) is 0 Å². The lowest BCUT2D eigenvalue weighted by Crippen LogP contribution is -2.37. The number of likely N-dealkylation sites (N-methyl/N-ethyl adjacent to an activating group) is 1. The lowest BCUT2D eigenvalue weighted by Gasteiger charge is -2.22. The molecule has 1 amide bonds. The molecule has 0 saturated heterocycles. The lowest BCUT2D eigenvalue weighted by molar-refractivity contribution is -0.118. The fourth-order valence-electron chi connectivity index (χ4n) is 3.32. The van der Waals surface area contributed by atoms with Crippen molar-refractivity contribution in [1.82, 2.24) is 9.88 Å². The van der Waals surface area contributed by atoms with E-state index >= 15 is 0 Å². The van der Waals surface area contributed by atoms with Crippen molar-refractivity contribution in [3.8, 4) is 11.1 Å². The van der Waals surface area contributed by atoms with Gasteiger partial charge in [-0.05, 0) is 42.9 Å². The van der Waals surface area contributed by atoms with Crippen molar-refractivity contribution < 1.29 is 4.79 Å². The van der Waals surface area contributed by atoms with Crippen LogP contribution in [0, 0.1) is 0 Å². The summed E-state index contributed by atoms with van der Waals surface area (Å²) >= 11 is 1.57. The highest BCUT2D eigenvalue weighted by molar-refractivity contribution is 7.22. The number of benzene rings is 3. The standard InChI is InChI=1S/C25H25N3OS/c1-27(2)16-17-28(25-26-22-10-6-7-11-23(22)30-25)24(29)18-19-12-14-21(15-13-19)20-8-4-3-5-9-20/h3-15H,16-18H2,1-2H3. The first kappa shape index (κ1) is 20.3. The molecule has 0 fully saturated rings. The molecule has 1 aromatic heterocycles. The molecule has 0 saturated carbocycles. The van der Waals surface area contributed by atoms with Crippen LogP contribution in [0.15, 0.2) is 78.9 Å². The number of thiazole rings is 1. The molecule has 0 atom stereocenters. The molecular formula is C25H25N3OS. The second-order valence-corrected chi connectivity index (χ2v) is 8.56. The number of carbonyl (C=O) groups is 1. The maximum absolute atomic E-state index is 13.2. The van der Waals surface area contributed by atoms with Crippen LogP contribution in [0.2, 0.25) is 0 Å². The molecule has 30 heavy (non-hydrogen) atoms. The van der Waals surface area contributed by atoms with Crippen LogP contribution in [0.5, 0.6) is 0 Å². The molecule has 1 heterocycles. The second kappa shape index (κ2) is 9.20. The summed E-state index contributed by atoms with van der Waals surface area (Å²) in [5.41, 5.74) is 4.28. The summed E-state index contributed by atoms with van der Waals surface area (Å²) in [5, 5.41) is 0.768. The largest absolute Gasteiger partial charge is 0.308 e. The van der Waals surface area contributed by atoms with Gasteiger partial charge in [0.25, 0.3) is 0 Å². The van der Waals surface area contributed by atoms with Crippen LogP contribution in [0.3, 0.4) is 0 Å². The minimum absolute atomic E-state index is 0.0726. The summed E-state index contributed by atoms with van der Waals surface area (Å²) in [4.78, 5) is 21.9. The number of rotatable bonds is 7. The first-order chi connectivity index (χ1) is 14.6. The number of fused-ring (bicyclic) bond motifs is 1. The number of para-hydroxylation sites is 1. The topological polar surface area (TPSA) is 36.4 Å². The summed E-state index contributed by atoms with van der Waals surface area (Å²) in [6.07, 6.45) is 0.360. The molecule has 0 N–H and O–H groups in total. The van der Waals surface area contributed by atoms with Crippen LogP contribution in [0.1, 0.15) is 5.56 Å².